The Bertz CT molecular complexity index is 1030. The number of thiophene rings is 1. The summed E-state index contributed by atoms with van der Waals surface area (Å²) in [5, 5.41) is 5.72. The Morgan fingerprint density at radius 2 is 1.93 bits per heavy atom. The van der Waals surface area contributed by atoms with Gasteiger partial charge in [-0.25, -0.2) is 0 Å². The van der Waals surface area contributed by atoms with Gasteiger partial charge in [-0.05, 0) is 53.6 Å². The van der Waals surface area contributed by atoms with Crippen LogP contribution < -0.4 is 10.2 Å². The van der Waals surface area contributed by atoms with Gasteiger partial charge in [0, 0.05) is 12.1 Å². The van der Waals surface area contributed by atoms with Crippen molar-refractivity contribution in [3.8, 4) is 0 Å². The van der Waals surface area contributed by atoms with Crippen LogP contribution in [0.15, 0.2) is 60.0 Å². The SMILES string of the molecule is CN(C(=O)c1cccs1)c1ccccc1C(=O)N[C@H]1CCc2c(Cl)cccc21. The van der Waals surface area contributed by atoms with E-state index >= 15 is 0 Å². The molecule has 0 spiro atoms. The second-order valence-electron chi connectivity index (χ2n) is 6.73. The van der Waals surface area contributed by atoms with Crippen LogP contribution in [0, 0.1) is 0 Å². The average molecular weight is 411 g/mol. The quantitative estimate of drug-likeness (QED) is 0.650. The number of rotatable bonds is 4. The number of anilines is 1. The molecule has 1 N–H and O–H groups in total. The molecule has 1 aromatic heterocycles. The van der Waals surface area contributed by atoms with Gasteiger partial charge in [-0.2, -0.15) is 0 Å². The fraction of sp³-hybridized carbons (Fsp3) is 0.182. The monoisotopic (exact) mass is 410 g/mol. The summed E-state index contributed by atoms with van der Waals surface area (Å²) in [5.41, 5.74) is 3.24. The Morgan fingerprint density at radius 1 is 1.11 bits per heavy atom. The minimum atomic E-state index is -0.195. The van der Waals surface area contributed by atoms with Crippen LogP contribution >= 0.6 is 22.9 Å². The van der Waals surface area contributed by atoms with Gasteiger partial charge in [0.1, 0.15) is 0 Å². The molecule has 2 aromatic carbocycles. The van der Waals surface area contributed by atoms with Gasteiger partial charge in [0.25, 0.3) is 11.8 Å². The maximum Gasteiger partial charge on any atom is 0.268 e. The van der Waals surface area contributed by atoms with E-state index in [0.29, 0.717) is 16.1 Å². The highest BCUT2D eigenvalue weighted by Crippen LogP contribution is 2.36. The Hall–Kier alpha value is -2.63. The van der Waals surface area contributed by atoms with E-state index in [2.05, 4.69) is 5.32 Å². The highest BCUT2D eigenvalue weighted by Gasteiger charge is 2.27. The summed E-state index contributed by atoms with van der Waals surface area (Å²) < 4.78 is 0. The number of benzene rings is 2. The van der Waals surface area contributed by atoms with Crippen molar-refractivity contribution >= 4 is 40.4 Å². The molecule has 0 fully saturated rings. The van der Waals surface area contributed by atoms with Crippen molar-refractivity contribution in [3.05, 3.63) is 86.6 Å². The smallest absolute Gasteiger partial charge is 0.268 e. The van der Waals surface area contributed by atoms with Crippen LogP contribution in [0.5, 0.6) is 0 Å². The zero-order chi connectivity index (χ0) is 19.7. The highest BCUT2D eigenvalue weighted by molar-refractivity contribution is 7.12. The van der Waals surface area contributed by atoms with Crippen molar-refractivity contribution < 1.29 is 9.59 Å². The van der Waals surface area contributed by atoms with Gasteiger partial charge in [-0.1, -0.05) is 41.9 Å². The number of nitrogens with zero attached hydrogens (tertiary/aromatic N) is 1. The van der Waals surface area contributed by atoms with Crippen molar-refractivity contribution in [2.75, 3.05) is 11.9 Å². The fourth-order valence-corrected chi connectivity index (χ4v) is 4.60. The van der Waals surface area contributed by atoms with Gasteiger partial charge in [-0.3, -0.25) is 9.59 Å². The molecule has 28 heavy (non-hydrogen) atoms. The Labute approximate surface area is 172 Å². The summed E-state index contributed by atoms with van der Waals surface area (Å²) in [6, 6.07) is 16.5. The standard InChI is InChI=1S/C22H19ClN2O2S/c1-25(22(27)20-10-5-13-28-20)19-9-3-2-6-16(19)21(26)24-18-12-11-14-15(18)7-4-8-17(14)23/h2-10,13,18H,11-12H2,1H3,(H,24,26)/t18-/m0/s1. The molecule has 3 aromatic rings. The summed E-state index contributed by atoms with van der Waals surface area (Å²) in [5.74, 6) is -0.326. The molecule has 0 radical (unpaired) electrons. The van der Waals surface area contributed by atoms with Crippen molar-refractivity contribution in [3.63, 3.8) is 0 Å². The molecular weight excluding hydrogens is 392 g/mol. The summed E-state index contributed by atoms with van der Waals surface area (Å²) in [4.78, 5) is 27.9. The van der Waals surface area contributed by atoms with E-state index in [1.807, 2.05) is 35.7 Å². The lowest BCUT2D eigenvalue weighted by Gasteiger charge is -2.21. The molecule has 1 aliphatic rings. The number of fused-ring (bicyclic) bond motifs is 1. The van der Waals surface area contributed by atoms with Gasteiger partial charge in [0.05, 0.1) is 22.2 Å². The number of halogens is 1. The molecule has 0 aliphatic heterocycles. The van der Waals surface area contributed by atoms with E-state index in [0.717, 1.165) is 29.0 Å². The number of hydrogen-bond acceptors (Lipinski definition) is 3. The molecule has 1 atom stereocenters. The number of hydrogen-bond donors (Lipinski definition) is 1. The van der Waals surface area contributed by atoms with Gasteiger partial charge in [-0.15, -0.1) is 11.3 Å². The first kappa shape index (κ1) is 18.7. The number of carbonyl (C=O) groups is 2. The number of para-hydroxylation sites is 1. The lowest BCUT2D eigenvalue weighted by Crippen LogP contribution is -2.31. The second-order valence-corrected chi connectivity index (χ2v) is 8.09. The maximum absolute atomic E-state index is 13.1. The first-order valence-electron chi connectivity index (χ1n) is 9.05. The van der Waals surface area contributed by atoms with Crippen LogP contribution in [0.4, 0.5) is 5.69 Å². The molecule has 0 bridgehead atoms. The van der Waals surface area contributed by atoms with Crippen LogP contribution in [0.3, 0.4) is 0 Å². The summed E-state index contributed by atoms with van der Waals surface area (Å²) in [6.45, 7) is 0. The topological polar surface area (TPSA) is 49.4 Å². The van der Waals surface area contributed by atoms with E-state index < -0.39 is 0 Å². The van der Waals surface area contributed by atoms with Crippen molar-refractivity contribution in [2.45, 2.75) is 18.9 Å². The molecule has 0 saturated carbocycles. The number of amides is 2. The third kappa shape index (κ3) is 3.43. The van der Waals surface area contributed by atoms with Crippen molar-refractivity contribution in [2.24, 2.45) is 0 Å². The van der Waals surface area contributed by atoms with Gasteiger partial charge in [0.2, 0.25) is 0 Å². The Balaban J connectivity index is 1.58. The van der Waals surface area contributed by atoms with E-state index in [-0.39, 0.29) is 17.9 Å². The van der Waals surface area contributed by atoms with Crippen LogP contribution in [0.25, 0.3) is 0 Å². The van der Waals surface area contributed by atoms with Crippen LogP contribution in [-0.4, -0.2) is 18.9 Å². The largest absolute Gasteiger partial charge is 0.345 e. The summed E-state index contributed by atoms with van der Waals surface area (Å²) >= 11 is 7.67. The molecular formula is C22H19ClN2O2S. The summed E-state index contributed by atoms with van der Waals surface area (Å²) in [7, 11) is 1.69. The van der Waals surface area contributed by atoms with Gasteiger partial charge >= 0.3 is 0 Å². The third-order valence-electron chi connectivity index (χ3n) is 5.07. The normalized spacial score (nSPS) is 15.1. The molecule has 142 valence electrons. The summed E-state index contributed by atoms with van der Waals surface area (Å²) in [6.07, 6.45) is 1.66. The zero-order valence-electron chi connectivity index (χ0n) is 15.3. The molecule has 2 amide bonds. The lowest BCUT2D eigenvalue weighted by atomic mass is 10.1. The van der Waals surface area contributed by atoms with E-state index in [4.69, 9.17) is 11.6 Å². The van der Waals surface area contributed by atoms with Crippen LogP contribution in [0.2, 0.25) is 5.02 Å². The van der Waals surface area contributed by atoms with E-state index in [1.54, 1.807) is 31.3 Å². The lowest BCUT2D eigenvalue weighted by molar-refractivity contribution is 0.0937. The Kier molecular flexibility index (Phi) is 5.20. The predicted octanol–water partition coefficient (Wildman–Crippen LogP) is 5.10. The highest BCUT2D eigenvalue weighted by atomic mass is 35.5. The zero-order valence-corrected chi connectivity index (χ0v) is 16.9. The van der Waals surface area contributed by atoms with Gasteiger partial charge < -0.3 is 10.2 Å². The van der Waals surface area contributed by atoms with Gasteiger partial charge in [0.15, 0.2) is 0 Å². The minimum absolute atomic E-state index is 0.0763. The molecule has 0 saturated heterocycles. The first-order valence-corrected chi connectivity index (χ1v) is 10.3. The average Bonchev–Trinajstić information content (AvgIpc) is 3.38. The van der Waals surface area contributed by atoms with E-state index in [9.17, 15) is 9.59 Å². The van der Waals surface area contributed by atoms with Crippen molar-refractivity contribution in [1.82, 2.24) is 5.32 Å². The molecule has 1 aliphatic carbocycles. The van der Waals surface area contributed by atoms with Crippen LogP contribution in [0.1, 0.15) is 43.6 Å². The molecule has 0 unspecified atom stereocenters. The Morgan fingerprint density at radius 3 is 2.71 bits per heavy atom. The first-order chi connectivity index (χ1) is 13.6. The second kappa shape index (κ2) is 7.78. The molecule has 6 heteroatoms. The number of carbonyl (C=O) groups excluding carboxylic acids is 2. The third-order valence-corrected chi connectivity index (χ3v) is 6.28. The van der Waals surface area contributed by atoms with E-state index in [1.165, 1.54) is 16.2 Å². The van der Waals surface area contributed by atoms with Crippen molar-refractivity contribution in [1.29, 1.82) is 0 Å². The molecule has 1 heterocycles. The van der Waals surface area contributed by atoms with Crippen LogP contribution in [-0.2, 0) is 6.42 Å². The predicted molar refractivity (Wildman–Crippen MR) is 113 cm³/mol. The minimum Gasteiger partial charge on any atom is -0.345 e. The number of nitrogens with one attached hydrogen (secondary N) is 1. The maximum atomic E-state index is 13.1. The molecule has 4 nitrogen and oxygen atoms in total. The molecule has 4 rings (SSSR count). The fourth-order valence-electron chi connectivity index (χ4n) is 3.63.